The van der Waals surface area contributed by atoms with Crippen LogP contribution >= 0.6 is 0 Å². The first-order valence-corrected chi connectivity index (χ1v) is 6.02. The summed E-state index contributed by atoms with van der Waals surface area (Å²) in [6.07, 6.45) is 3.24. The largest absolute Gasteiger partial charge is 0.444 e. The Balaban J connectivity index is 2.21. The van der Waals surface area contributed by atoms with Crippen LogP contribution in [0, 0.1) is 5.92 Å². The number of carbonyl (C=O) groups is 1. The fourth-order valence-corrected chi connectivity index (χ4v) is 1.99. The van der Waals surface area contributed by atoms with Crippen molar-refractivity contribution < 1.29 is 14.6 Å². The highest BCUT2D eigenvalue weighted by molar-refractivity contribution is 5.67. The average molecular weight is 229 g/mol. The number of nitrogens with one attached hydrogen (secondary N) is 1. The van der Waals surface area contributed by atoms with Gasteiger partial charge in [0, 0.05) is 6.54 Å². The third kappa shape index (κ3) is 5.35. The molecule has 0 aromatic carbocycles. The normalized spacial score (nSPS) is 26.2. The van der Waals surface area contributed by atoms with Gasteiger partial charge in [-0.25, -0.2) is 4.79 Å². The molecule has 1 rings (SSSR count). The third-order valence-corrected chi connectivity index (χ3v) is 2.69. The van der Waals surface area contributed by atoms with Crippen molar-refractivity contribution in [2.24, 2.45) is 5.92 Å². The van der Waals surface area contributed by atoms with Crippen molar-refractivity contribution in [1.82, 2.24) is 5.32 Å². The minimum Gasteiger partial charge on any atom is -0.444 e. The van der Waals surface area contributed by atoms with Gasteiger partial charge in [-0.2, -0.15) is 0 Å². The van der Waals surface area contributed by atoms with E-state index in [4.69, 9.17) is 4.74 Å². The van der Waals surface area contributed by atoms with Crippen molar-refractivity contribution in [2.75, 3.05) is 6.54 Å². The second-order valence-corrected chi connectivity index (χ2v) is 5.57. The van der Waals surface area contributed by atoms with E-state index in [-0.39, 0.29) is 12.2 Å². The van der Waals surface area contributed by atoms with E-state index in [9.17, 15) is 9.90 Å². The third-order valence-electron chi connectivity index (χ3n) is 2.69. The Hall–Kier alpha value is -0.770. The van der Waals surface area contributed by atoms with Crippen LogP contribution in [-0.2, 0) is 4.74 Å². The second kappa shape index (κ2) is 5.53. The molecule has 0 aromatic heterocycles. The van der Waals surface area contributed by atoms with E-state index >= 15 is 0 Å². The van der Waals surface area contributed by atoms with Gasteiger partial charge in [-0.05, 0) is 46.0 Å². The van der Waals surface area contributed by atoms with Gasteiger partial charge in [-0.3, -0.25) is 0 Å². The Kier molecular flexibility index (Phi) is 4.59. The molecule has 4 nitrogen and oxygen atoms in total. The summed E-state index contributed by atoms with van der Waals surface area (Å²) in [5.41, 5.74) is -0.448. The lowest BCUT2D eigenvalue weighted by Gasteiger charge is -2.26. The lowest BCUT2D eigenvalue weighted by molar-refractivity contribution is 0.0492. The molecule has 0 heterocycles. The molecule has 1 saturated carbocycles. The van der Waals surface area contributed by atoms with Gasteiger partial charge >= 0.3 is 6.09 Å². The maximum atomic E-state index is 11.4. The van der Waals surface area contributed by atoms with Gasteiger partial charge in [0.2, 0.25) is 0 Å². The zero-order chi connectivity index (χ0) is 12.2. The molecule has 0 saturated heterocycles. The molecule has 0 aromatic rings. The number of carbonyl (C=O) groups excluding carboxylic acids is 1. The summed E-state index contributed by atoms with van der Waals surface area (Å²) in [5.74, 6) is 0.385. The number of amides is 1. The molecule has 94 valence electrons. The maximum absolute atomic E-state index is 11.4. The minimum atomic E-state index is -0.448. The van der Waals surface area contributed by atoms with E-state index in [1.807, 2.05) is 20.8 Å². The van der Waals surface area contributed by atoms with Crippen LogP contribution in [0.5, 0.6) is 0 Å². The van der Waals surface area contributed by atoms with Crippen LogP contribution in [-0.4, -0.2) is 29.4 Å². The molecule has 0 unspecified atom stereocenters. The van der Waals surface area contributed by atoms with Crippen LogP contribution in [0.1, 0.15) is 46.5 Å². The number of aliphatic hydroxyl groups excluding tert-OH is 1. The van der Waals surface area contributed by atoms with Gasteiger partial charge in [0.15, 0.2) is 0 Å². The van der Waals surface area contributed by atoms with Crippen molar-refractivity contribution in [2.45, 2.75) is 58.2 Å². The molecule has 0 bridgehead atoms. The fraction of sp³-hybridized carbons (Fsp3) is 0.917. The van der Waals surface area contributed by atoms with Crippen LogP contribution in [0.3, 0.4) is 0 Å². The average Bonchev–Trinajstić information content (AvgIpc) is 2.12. The van der Waals surface area contributed by atoms with Crippen LogP contribution < -0.4 is 5.32 Å². The van der Waals surface area contributed by atoms with Crippen LogP contribution in [0.4, 0.5) is 4.79 Å². The van der Waals surface area contributed by atoms with E-state index in [0.29, 0.717) is 12.5 Å². The van der Waals surface area contributed by atoms with Gasteiger partial charge in [0.25, 0.3) is 0 Å². The lowest BCUT2D eigenvalue weighted by atomic mass is 9.87. The first-order chi connectivity index (χ1) is 7.37. The molecule has 2 N–H and O–H groups in total. The Bertz CT molecular complexity index is 235. The highest BCUT2D eigenvalue weighted by Gasteiger charge is 2.22. The molecule has 16 heavy (non-hydrogen) atoms. The minimum absolute atomic E-state index is 0.195. The fourth-order valence-electron chi connectivity index (χ4n) is 1.99. The Morgan fingerprint density at radius 1 is 1.44 bits per heavy atom. The van der Waals surface area contributed by atoms with Crippen molar-refractivity contribution in [3.05, 3.63) is 0 Å². The first kappa shape index (κ1) is 13.3. The molecule has 2 atom stereocenters. The Morgan fingerprint density at radius 2 is 2.12 bits per heavy atom. The number of ether oxygens (including phenoxy) is 1. The number of rotatable bonds is 2. The predicted octanol–water partition coefficient (Wildman–Crippen LogP) is 2.06. The molecule has 1 fully saturated rings. The summed E-state index contributed by atoms with van der Waals surface area (Å²) in [6.45, 7) is 6.14. The van der Waals surface area contributed by atoms with Gasteiger partial charge in [-0.15, -0.1) is 0 Å². The Labute approximate surface area is 97.4 Å². The number of aliphatic hydroxyl groups is 1. The maximum Gasteiger partial charge on any atom is 0.407 e. The van der Waals surface area contributed by atoms with Crippen LogP contribution in [0.15, 0.2) is 0 Å². The van der Waals surface area contributed by atoms with E-state index in [1.165, 1.54) is 0 Å². The summed E-state index contributed by atoms with van der Waals surface area (Å²) in [4.78, 5) is 11.4. The molecule has 0 aliphatic heterocycles. The highest BCUT2D eigenvalue weighted by atomic mass is 16.6. The monoisotopic (exact) mass is 229 g/mol. The standard InChI is InChI=1S/C12H23NO3/c1-12(2,3)16-11(15)13-8-9-5-4-6-10(14)7-9/h9-10,14H,4-8H2,1-3H3,(H,13,15)/t9-,10+/m1/s1. The van der Waals surface area contributed by atoms with Gasteiger partial charge < -0.3 is 15.2 Å². The molecule has 0 spiro atoms. The summed E-state index contributed by atoms with van der Waals surface area (Å²) in [5, 5.41) is 12.2. The van der Waals surface area contributed by atoms with E-state index in [1.54, 1.807) is 0 Å². The van der Waals surface area contributed by atoms with E-state index in [0.717, 1.165) is 25.7 Å². The topological polar surface area (TPSA) is 58.6 Å². The lowest BCUT2D eigenvalue weighted by Crippen LogP contribution is -2.36. The van der Waals surface area contributed by atoms with Crippen molar-refractivity contribution >= 4 is 6.09 Å². The number of hydrogen-bond donors (Lipinski definition) is 2. The number of alkyl carbamates (subject to hydrolysis) is 1. The highest BCUT2D eigenvalue weighted by Crippen LogP contribution is 2.23. The van der Waals surface area contributed by atoms with Crippen LogP contribution in [0.2, 0.25) is 0 Å². The zero-order valence-corrected chi connectivity index (χ0v) is 10.5. The zero-order valence-electron chi connectivity index (χ0n) is 10.5. The smallest absolute Gasteiger partial charge is 0.407 e. The van der Waals surface area contributed by atoms with Crippen LogP contribution in [0.25, 0.3) is 0 Å². The molecular weight excluding hydrogens is 206 g/mol. The van der Waals surface area contributed by atoms with E-state index < -0.39 is 5.60 Å². The summed E-state index contributed by atoms with van der Waals surface area (Å²) in [6, 6.07) is 0. The van der Waals surface area contributed by atoms with Gasteiger partial charge in [0.1, 0.15) is 5.60 Å². The Morgan fingerprint density at radius 3 is 2.69 bits per heavy atom. The van der Waals surface area contributed by atoms with Gasteiger partial charge in [-0.1, -0.05) is 6.42 Å². The molecule has 1 aliphatic carbocycles. The van der Waals surface area contributed by atoms with Crippen molar-refractivity contribution in [3.8, 4) is 0 Å². The van der Waals surface area contributed by atoms with E-state index in [2.05, 4.69) is 5.32 Å². The summed E-state index contributed by atoms with van der Waals surface area (Å²) >= 11 is 0. The molecular formula is C12H23NO3. The second-order valence-electron chi connectivity index (χ2n) is 5.57. The molecule has 1 amide bonds. The molecule has 4 heteroatoms. The quantitative estimate of drug-likeness (QED) is 0.762. The van der Waals surface area contributed by atoms with Crippen molar-refractivity contribution in [3.63, 3.8) is 0 Å². The number of hydrogen-bond acceptors (Lipinski definition) is 3. The first-order valence-electron chi connectivity index (χ1n) is 6.02. The van der Waals surface area contributed by atoms with Crippen molar-refractivity contribution in [1.29, 1.82) is 0 Å². The molecule has 1 aliphatic rings. The SMILES string of the molecule is CC(C)(C)OC(=O)NC[C@@H]1CCC[C@H](O)C1. The predicted molar refractivity (Wildman–Crippen MR) is 62.2 cm³/mol. The summed E-state index contributed by atoms with van der Waals surface area (Å²) in [7, 11) is 0. The molecule has 0 radical (unpaired) electrons. The summed E-state index contributed by atoms with van der Waals surface area (Å²) < 4.78 is 5.14. The van der Waals surface area contributed by atoms with Gasteiger partial charge in [0.05, 0.1) is 6.10 Å².